The molecule has 4 saturated heterocycles. The largest absolute Gasteiger partial charge is 0.455 e. The molecule has 4 fully saturated rings. The van der Waals surface area contributed by atoms with Gasteiger partial charge >= 0.3 is 5.97 Å². The van der Waals surface area contributed by atoms with Crippen molar-refractivity contribution in [2.24, 2.45) is 11.8 Å². The van der Waals surface area contributed by atoms with Gasteiger partial charge in [0.25, 0.3) is 0 Å². The molecular weight excluding hydrogens is 696 g/mol. The van der Waals surface area contributed by atoms with E-state index in [4.69, 9.17) is 14.2 Å². The van der Waals surface area contributed by atoms with Crippen LogP contribution < -0.4 is 5.32 Å². The fourth-order valence-electron chi connectivity index (χ4n) is 7.83. The second kappa shape index (κ2) is 16.3. The Balaban J connectivity index is 1.44. The number of amides is 3. The van der Waals surface area contributed by atoms with Crippen LogP contribution in [0.15, 0.2) is 55.6 Å². The van der Waals surface area contributed by atoms with Crippen molar-refractivity contribution in [3.8, 4) is 0 Å². The van der Waals surface area contributed by atoms with Gasteiger partial charge in [-0.3, -0.25) is 24.1 Å². The lowest BCUT2D eigenvalue weighted by Crippen LogP contribution is -2.59. The molecule has 0 radical (unpaired) electrons. The van der Waals surface area contributed by atoms with Crippen molar-refractivity contribution in [3.63, 3.8) is 0 Å². The van der Waals surface area contributed by atoms with Crippen molar-refractivity contribution >= 4 is 39.6 Å². The van der Waals surface area contributed by atoms with Gasteiger partial charge in [0.15, 0.2) is 0 Å². The molecule has 9 atom stereocenters. The number of aliphatic hydroxyl groups is 1. The van der Waals surface area contributed by atoms with E-state index in [0.29, 0.717) is 44.7 Å². The van der Waals surface area contributed by atoms with Gasteiger partial charge < -0.3 is 34.4 Å². The Morgan fingerprint density at radius 3 is 2.55 bits per heavy atom. The zero-order chi connectivity index (χ0) is 35.3. The molecule has 1 spiro atoms. The number of likely N-dealkylation sites (tertiary alicyclic amines) is 1. The van der Waals surface area contributed by atoms with Gasteiger partial charge in [0.2, 0.25) is 17.7 Å². The van der Waals surface area contributed by atoms with E-state index in [9.17, 15) is 24.3 Å². The van der Waals surface area contributed by atoms with Gasteiger partial charge in [-0.05, 0) is 32.3 Å². The van der Waals surface area contributed by atoms with E-state index in [1.54, 1.807) is 30.9 Å². The number of allylic oxidation sites excluding steroid dienone is 1. The van der Waals surface area contributed by atoms with Crippen LogP contribution in [0.3, 0.4) is 0 Å². The van der Waals surface area contributed by atoms with Crippen molar-refractivity contribution < 1.29 is 38.5 Å². The fraction of sp³-hybridized carbons (Fsp3) is 0.611. The van der Waals surface area contributed by atoms with E-state index < -0.39 is 59.6 Å². The van der Waals surface area contributed by atoms with Gasteiger partial charge in [0.1, 0.15) is 17.7 Å². The molecule has 4 heterocycles. The molecule has 1 aromatic rings. The third-order valence-electron chi connectivity index (χ3n) is 10.2. The van der Waals surface area contributed by atoms with Gasteiger partial charge in [0.05, 0.1) is 49.8 Å². The number of alkyl halides is 1. The van der Waals surface area contributed by atoms with Crippen molar-refractivity contribution in [2.45, 2.75) is 73.9 Å². The number of halogens is 1. The number of ether oxygens (including phenoxy) is 3. The van der Waals surface area contributed by atoms with E-state index in [0.717, 1.165) is 13.1 Å². The van der Waals surface area contributed by atoms with E-state index >= 15 is 0 Å². The molecule has 0 aromatic heterocycles. The Hall–Kier alpha value is -3.10. The molecule has 3 amide bonds. The van der Waals surface area contributed by atoms with Crippen LogP contribution in [-0.4, -0.2) is 131 Å². The molecule has 2 N–H and O–H groups in total. The number of esters is 1. The summed E-state index contributed by atoms with van der Waals surface area (Å²) in [7, 11) is 0. The lowest BCUT2D eigenvalue weighted by atomic mass is 9.70. The Kier molecular flexibility index (Phi) is 12.3. The van der Waals surface area contributed by atoms with Crippen LogP contribution in [0.25, 0.3) is 0 Å². The van der Waals surface area contributed by atoms with Crippen molar-refractivity contribution in [1.29, 1.82) is 0 Å². The Morgan fingerprint density at radius 2 is 1.90 bits per heavy atom. The number of rotatable bonds is 16. The highest BCUT2D eigenvalue weighted by Gasteiger charge is 2.77. The van der Waals surface area contributed by atoms with Crippen LogP contribution in [0.4, 0.5) is 0 Å². The van der Waals surface area contributed by atoms with Crippen LogP contribution in [0.1, 0.15) is 44.8 Å². The highest BCUT2D eigenvalue weighted by atomic mass is 79.9. The molecule has 5 rings (SSSR count). The second-order valence-electron chi connectivity index (χ2n) is 13.4. The van der Waals surface area contributed by atoms with Crippen LogP contribution in [0, 0.1) is 11.8 Å². The zero-order valence-electron chi connectivity index (χ0n) is 28.4. The van der Waals surface area contributed by atoms with Crippen molar-refractivity contribution in [1.82, 2.24) is 20.0 Å². The first-order chi connectivity index (χ1) is 23.6. The van der Waals surface area contributed by atoms with E-state index in [-0.39, 0.29) is 36.2 Å². The standard InChI is InChI=1S/C36H49BrN4O8/c1-5-7-13-27(43)38-24(4)30(25-11-9-8-10-12-25)48-35(46)28-29-33(44)41(23(3)22-42)32(36(29)21-26(37)31(28)49-36)34(45)40(14-6-2)16-15-39-17-19-47-20-18-39/h5-6,8-12,23-24,26,28-32,42H,1-2,7,13-22H2,3-4H3,(H,38,43)/t23-,24-,26?,28+,29-,30-,31+,32+,36-/m1/s1. The first-order valence-electron chi connectivity index (χ1n) is 17.2. The molecule has 4 aliphatic rings. The molecule has 4 aliphatic heterocycles. The summed E-state index contributed by atoms with van der Waals surface area (Å²) < 4.78 is 18.4. The fourth-order valence-corrected chi connectivity index (χ4v) is 8.77. The third-order valence-corrected chi connectivity index (χ3v) is 11.1. The topological polar surface area (TPSA) is 138 Å². The molecule has 12 nitrogen and oxygen atoms in total. The van der Waals surface area contributed by atoms with Crippen LogP contribution in [0.2, 0.25) is 0 Å². The van der Waals surface area contributed by atoms with Gasteiger partial charge in [-0.2, -0.15) is 0 Å². The number of aliphatic hydroxyl groups excluding tert-OH is 1. The first kappa shape index (κ1) is 37.2. The Bertz CT molecular complexity index is 1380. The highest BCUT2D eigenvalue weighted by molar-refractivity contribution is 9.09. The lowest BCUT2D eigenvalue weighted by molar-refractivity contribution is -0.162. The summed E-state index contributed by atoms with van der Waals surface area (Å²) in [6.45, 7) is 14.7. The summed E-state index contributed by atoms with van der Waals surface area (Å²) in [6.07, 6.45) is 2.83. The molecule has 268 valence electrons. The SMILES string of the molecule is C=CCCC(=O)N[C@H](C)[C@@H](OC(=O)[C@@H]1[C@H]2O[C@@]3(CC2Br)[C@H](C(=O)N(CC=C)CCN2CCOCC2)N([C@H](C)CO)C(=O)[C@@H]13)c1ccccc1. The average molecular weight is 746 g/mol. The third kappa shape index (κ3) is 7.51. The molecule has 2 bridgehead atoms. The monoisotopic (exact) mass is 744 g/mol. The molecular formula is C36H49BrN4O8. The predicted molar refractivity (Wildman–Crippen MR) is 185 cm³/mol. The van der Waals surface area contributed by atoms with Crippen LogP contribution >= 0.6 is 15.9 Å². The van der Waals surface area contributed by atoms with E-state index in [1.807, 2.05) is 30.3 Å². The molecule has 0 saturated carbocycles. The molecule has 49 heavy (non-hydrogen) atoms. The molecule has 13 heteroatoms. The lowest BCUT2D eigenvalue weighted by Gasteiger charge is -2.39. The maximum absolute atomic E-state index is 14.6. The van der Waals surface area contributed by atoms with Crippen molar-refractivity contribution in [2.75, 3.05) is 52.5 Å². The number of benzene rings is 1. The van der Waals surface area contributed by atoms with E-state index in [1.165, 1.54) is 4.90 Å². The number of morpholine rings is 1. The molecule has 1 aromatic carbocycles. The zero-order valence-corrected chi connectivity index (χ0v) is 30.0. The first-order valence-corrected chi connectivity index (χ1v) is 18.1. The number of carbonyl (C=O) groups is 4. The summed E-state index contributed by atoms with van der Waals surface area (Å²) >= 11 is 3.72. The number of fused-ring (bicyclic) bond motifs is 1. The highest BCUT2D eigenvalue weighted by Crippen LogP contribution is 2.61. The Labute approximate surface area is 296 Å². The summed E-state index contributed by atoms with van der Waals surface area (Å²) in [4.78, 5) is 61.1. The maximum atomic E-state index is 14.6. The van der Waals surface area contributed by atoms with E-state index in [2.05, 4.69) is 39.3 Å². The smallest absolute Gasteiger partial charge is 0.313 e. The minimum absolute atomic E-state index is 0.203. The number of nitrogens with one attached hydrogen (secondary N) is 1. The number of hydrogen-bond acceptors (Lipinski definition) is 9. The quantitative estimate of drug-likeness (QED) is 0.148. The molecule has 1 unspecified atom stereocenters. The summed E-state index contributed by atoms with van der Waals surface area (Å²) in [5, 5.41) is 13.2. The number of nitrogens with zero attached hydrogens (tertiary/aromatic N) is 3. The second-order valence-corrected chi connectivity index (χ2v) is 14.6. The normalized spacial score (nSPS) is 29.5. The number of hydrogen-bond donors (Lipinski definition) is 2. The average Bonchev–Trinajstić information content (AvgIpc) is 3.71. The molecule has 0 aliphatic carbocycles. The maximum Gasteiger partial charge on any atom is 0.313 e. The van der Waals surface area contributed by atoms with Gasteiger partial charge in [0, 0.05) is 44.0 Å². The summed E-state index contributed by atoms with van der Waals surface area (Å²) in [5.41, 5.74) is -0.631. The van der Waals surface area contributed by atoms with Crippen LogP contribution in [0.5, 0.6) is 0 Å². The van der Waals surface area contributed by atoms with Gasteiger partial charge in [-0.1, -0.05) is 58.4 Å². The predicted octanol–water partition coefficient (Wildman–Crippen LogP) is 2.22. The minimum atomic E-state index is -1.31. The Morgan fingerprint density at radius 1 is 1.18 bits per heavy atom. The van der Waals surface area contributed by atoms with Gasteiger partial charge in [-0.25, -0.2) is 0 Å². The van der Waals surface area contributed by atoms with Crippen LogP contribution in [-0.2, 0) is 33.4 Å². The summed E-state index contributed by atoms with van der Waals surface area (Å²) in [6, 6.07) is 6.78. The minimum Gasteiger partial charge on any atom is -0.455 e. The summed E-state index contributed by atoms with van der Waals surface area (Å²) in [5.74, 6) is -3.59. The van der Waals surface area contributed by atoms with Gasteiger partial charge in [-0.15, -0.1) is 13.2 Å². The van der Waals surface area contributed by atoms with Crippen molar-refractivity contribution in [3.05, 3.63) is 61.2 Å². The number of carbonyl (C=O) groups excluding carboxylic acids is 4.